The van der Waals surface area contributed by atoms with Crippen molar-refractivity contribution < 1.29 is 18.3 Å². The van der Waals surface area contributed by atoms with Crippen molar-refractivity contribution in [2.45, 2.75) is 18.7 Å². The first-order chi connectivity index (χ1) is 14.7. The van der Waals surface area contributed by atoms with Crippen LogP contribution < -0.4 is 5.32 Å². The minimum Gasteiger partial charge on any atom is -0.508 e. The topological polar surface area (TPSA) is 114 Å². The van der Waals surface area contributed by atoms with Crippen molar-refractivity contribution in [2.75, 3.05) is 31.5 Å². The molecule has 2 aromatic rings. The van der Waals surface area contributed by atoms with Crippen molar-refractivity contribution in [3.63, 3.8) is 0 Å². The summed E-state index contributed by atoms with van der Waals surface area (Å²) in [5.74, 6) is -0.476. The predicted molar refractivity (Wildman–Crippen MR) is 117 cm³/mol. The molecule has 0 aliphatic carbocycles. The number of carbonyl (C=O) groups excluding carboxylic acids is 1. The van der Waals surface area contributed by atoms with Gasteiger partial charge in [-0.2, -0.15) is 9.57 Å². The van der Waals surface area contributed by atoms with E-state index in [1.807, 2.05) is 13.0 Å². The van der Waals surface area contributed by atoms with E-state index in [2.05, 4.69) is 5.32 Å². The zero-order valence-electron chi connectivity index (χ0n) is 17.4. The number of aromatic hydroxyl groups is 1. The summed E-state index contributed by atoms with van der Waals surface area (Å²) < 4.78 is 27.0. The number of sulfonamides is 1. The highest BCUT2D eigenvalue weighted by Gasteiger charge is 2.28. The lowest BCUT2D eigenvalue weighted by atomic mass is 10.1. The predicted octanol–water partition coefficient (Wildman–Crippen LogP) is 2.36. The Hall–Kier alpha value is -3.35. The van der Waals surface area contributed by atoms with E-state index in [0.29, 0.717) is 24.3 Å². The Kier molecular flexibility index (Phi) is 6.63. The van der Waals surface area contributed by atoms with E-state index in [9.17, 15) is 23.6 Å². The van der Waals surface area contributed by atoms with Gasteiger partial charge in [0.15, 0.2) is 0 Å². The van der Waals surface area contributed by atoms with Crippen molar-refractivity contribution in [3.05, 3.63) is 65.4 Å². The molecule has 2 aromatic carbocycles. The molecule has 1 saturated heterocycles. The number of hydrogen-bond donors (Lipinski definition) is 2. The molecule has 2 N–H and O–H groups in total. The summed E-state index contributed by atoms with van der Waals surface area (Å²) in [4.78, 5) is 14.5. The summed E-state index contributed by atoms with van der Waals surface area (Å²) in [6.45, 7) is 4.87. The average molecular weight is 441 g/mol. The van der Waals surface area contributed by atoms with Crippen LogP contribution in [0, 0.1) is 25.2 Å². The minimum atomic E-state index is -3.58. The van der Waals surface area contributed by atoms with Gasteiger partial charge in [-0.05, 0) is 49.7 Å². The van der Waals surface area contributed by atoms with E-state index in [4.69, 9.17) is 0 Å². The molecule has 1 fully saturated rings. The summed E-state index contributed by atoms with van der Waals surface area (Å²) in [6, 6.07) is 13.1. The Morgan fingerprint density at radius 1 is 1.10 bits per heavy atom. The number of aryl methyl sites for hydroxylation is 2. The highest BCUT2D eigenvalue weighted by Crippen LogP contribution is 2.21. The van der Waals surface area contributed by atoms with Gasteiger partial charge in [-0.1, -0.05) is 17.7 Å². The SMILES string of the molecule is Cc1ccc(S(=O)(=O)N2CCN(/C=C(/C#N)C(=O)Nc3ccc(O)cc3C)CC2)cc1. The van der Waals surface area contributed by atoms with Crippen LogP contribution in [-0.2, 0) is 14.8 Å². The first-order valence-electron chi connectivity index (χ1n) is 9.74. The van der Waals surface area contributed by atoms with Crippen molar-refractivity contribution in [3.8, 4) is 11.8 Å². The molecule has 0 saturated carbocycles. The fraction of sp³-hybridized carbons (Fsp3) is 0.273. The number of carbonyl (C=O) groups is 1. The van der Waals surface area contributed by atoms with Gasteiger partial charge in [0.25, 0.3) is 5.91 Å². The zero-order chi connectivity index (χ0) is 22.6. The number of hydrogen-bond acceptors (Lipinski definition) is 6. The molecule has 0 unspecified atom stereocenters. The first kappa shape index (κ1) is 22.3. The quantitative estimate of drug-likeness (QED) is 0.419. The third kappa shape index (κ3) is 5.23. The third-order valence-corrected chi connectivity index (χ3v) is 6.98. The number of benzene rings is 2. The van der Waals surface area contributed by atoms with E-state index >= 15 is 0 Å². The second kappa shape index (κ2) is 9.20. The van der Waals surface area contributed by atoms with Gasteiger partial charge in [0.1, 0.15) is 17.4 Å². The van der Waals surface area contributed by atoms with Gasteiger partial charge in [0, 0.05) is 38.1 Å². The fourth-order valence-corrected chi connectivity index (χ4v) is 4.65. The van der Waals surface area contributed by atoms with Crippen LogP contribution >= 0.6 is 0 Å². The van der Waals surface area contributed by atoms with E-state index in [1.165, 1.54) is 22.6 Å². The van der Waals surface area contributed by atoms with Crippen LogP contribution in [0.1, 0.15) is 11.1 Å². The highest BCUT2D eigenvalue weighted by atomic mass is 32.2. The smallest absolute Gasteiger partial charge is 0.267 e. The Balaban J connectivity index is 1.65. The molecular weight excluding hydrogens is 416 g/mol. The number of amides is 1. The Morgan fingerprint density at radius 3 is 2.32 bits per heavy atom. The molecule has 0 radical (unpaired) electrons. The number of piperazine rings is 1. The molecule has 1 aliphatic heterocycles. The van der Waals surface area contributed by atoms with Crippen molar-refractivity contribution in [1.29, 1.82) is 5.26 Å². The van der Waals surface area contributed by atoms with E-state index in [0.717, 1.165) is 5.56 Å². The second-order valence-corrected chi connectivity index (χ2v) is 9.30. The van der Waals surface area contributed by atoms with Crippen molar-refractivity contribution >= 4 is 21.6 Å². The number of phenols is 1. The lowest BCUT2D eigenvalue weighted by molar-refractivity contribution is -0.112. The van der Waals surface area contributed by atoms with Gasteiger partial charge < -0.3 is 15.3 Å². The van der Waals surface area contributed by atoms with Gasteiger partial charge in [0.2, 0.25) is 10.0 Å². The van der Waals surface area contributed by atoms with Gasteiger partial charge >= 0.3 is 0 Å². The molecule has 162 valence electrons. The number of phenolic OH excluding ortho intramolecular Hbond substituents is 1. The number of nitriles is 1. The van der Waals surface area contributed by atoms with Crippen LogP contribution in [0.15, 0.2) is 59.1 Å². The van der Waals surface area contributed by atoms with Gasteiger partial charge in [-0.3, -0.25) is 4.79 Å². The Labute approximate surface area is 182 Å². The number of nitrogens with one attached hydrogen (secondary N) is 1. The molecular formula is C22H24N4O4S. The van der Waals surface area contributed by atoms with Crippen LogP contribution in [0.25, 0.3) is 0 Å². The van der Waals surface area contributed by atoms with Crippen LogP contribution in [-0.4, -0.2) is 54.8 Å². The normalized spacial score (nSPS) is 15.4. The third-order valence-electron chi connectivity index (χ3n) is 5.07. The molecule has 8 nitrogen and oxygen atoms in total. The summed E-state index contributed by atoms with van der Waals surface area (Å²) in [7, 11) is -3.58. The van der Waals surface area contributed by atoms with Gasteiger partial charge in [-0.15, -0.1) is 0 Å². The number of anilines is 1. The van der Waals surface area contributed by atoms with E-state index in [1.54, 1.807) is 42.2 Å². The summed E-state index contributed by atoms with van der Waals surface area (Å²) in [6.07, 6.45) is 1.46. The lowest BCUT2D eigenvalue weighted by Gasteiger charge is -2.33. The maximum absolute atomic E-state index is 12.8. The number of nitrogens with zero attached hydrogens (tertiary/aromatic N) is 3. The summed E-state index contributed by atoms with van der Waals surface area (Å²) >= 11 is 0. The molecule has 9 heteroatoms. The largest absolute Gasteiger partial charge is 0.508 e. The highest BCUT2D eigenvalue weighted by molar-refractivity contribution is 7.89. The molecule has 0 spiro atoms. The Bertz CT molecular complexity index is 1140. The van der Waals surface area contributed by atoms with Crippen LogP contribution in [0.4, 0.5) is 5.69 Å². The fourth-order valence-electron chi connectivity index (χ4n) is 3.23. The monoisotopic (exact) mass is 440 g/mol. The molecule has 1 aliphatic rings. The standard InChI is InChI=1S/C22H24N4O4S/c1-16-3-6-20(7-4-16)31(29,30)26-11-9-25(10-12-26)15-18(14-23)22(28)24-21-8-5-19(27)13-17(21)2/h3-8,13,15,27H,9-12H2,1-2H3,(H,24,28)/b18-15-. The Morgan fingerprint density at radius 2 is 1.74 bits per heavy atom. The molecule has 0 atom stereocenters. The zero-order valence-corrected chi connectivity index (χ0v) is 18.2. The average Bonchev–Trinajstić information content (AvgIpc) is 2.74. The minimum absolute atomic E-state index is 0.0812. The number of rotatable bonds is 5. The molecule has 1 amide bonds. The lowest BCUT2D eigenvalue weighted by Crippen LogP contribution is -2.46. The van der Waals surface area contributed by atoms with Crippen LogP contribution in [0.2, 0.25) is 0 Å². The second-order valence-electron chi connectivity index (χ2n) is 7.36. The molecule has 1 heterocycles. The molecule has 0 bridgehead atoms. The van der Waals surface area contributed by atoms with Gasteiger partial charge in [-0.25, -0.2) is 8.42 Å². The van der Waals surface area contributed by atoms with Crippen molar-refractivity contribution in [1.82, 2.24) is 9.21 Å². The first-order valence-corrected chi connectivity index (χ1v) is 11.2. The summed E-state index contributed by atoms with van der Waals surface area (Å²) in [5, 5.41) is 21.6. The van der Waals surface area contributed by atoms with E-state index < -0.39 is 15.9 Å². The summed E-state index contributed by atoms with van der Waals surface area (Å²) in [5.41, 5.74) is 2.07. The maximum atomic E-state index is 12.8. The van der Waals surface area contributed by atoms with Crippen molar-refractivity contribution in [2.24, 2.45) is 0 Å². The molecule has 3 rings (SSSR count). The molecule has 31 heavy (non-hydrogen) atoms. The van der Waals surface area contributed by atoms with Crippen LogP contribution in [0.5, 0.6) is 5.75 Å². The van der Waals surface area contributed by atoms with E-state index in [-0.39, 0.29) is 29.3 Å². The molecule has 0 aromatic heterocycles. The van der Waals surface area contributed by atoms with Crippen LogP contribution in [0.3, 0.4) is 0 Å². The maximum Gasteiger partial charge on any atom is 0.267 e. The van der Waals surface area contributed by atoms with Gasteiger partial charge in [0.05, 0.1) is 4.90 Å².